The highest BCUT2D eigenvalue weighted by Crippen LogP contribution is 2.30. The van der Waals surface area contributed by atoms with Crippen LogP contribution in [0.4, 0.5) is 11.5 Å². The van der Waals surface area contributed by atoms with Crippen LogP contribution in [-0.2, 0) is 0 Å². The number of rotatable bonds is 3. The van der Waals surface area contributed by atoms with Crippen LogP contribution in [0, 0.1) is 6.92 Å². The molecule has 0 fully saturated rings. The molecule has 28 heavy (non-hydrogen) atoms. The first-order valence-corrected chi connectivity index (χ1v) is 8.94. The Morgan fingerprint density at radius 3 is 2.79 bits per heavy atom. The lowest BCUT2D eigenvalue weighted by molar-refractivity contribution is 0.476. The summed E-state index contributed by atoms with van der Waals surface area (Å²) >= 11 is 0. The Bertz CT molecular complexity index is 1330. The van der Waals surface area contributed by atoms with E-state index in [4.69, 9.17) is 9.97 Å². The van der Waals surface area contributed by atoms with E-state index in [1.54, 1.807) is 24.4 Å². The summed E-state index contributed by atoms with van der Waals surface area (Å²) in [6.07, 6.45) is 1.78. The molecule has 0 atom stereocenters. The smallest absolute Gasteiger partial charge is 0.162 e. The van der Waals surface area contributed by atoms with Gasteiger partial charge in [0.15, 0.2) is 5.82 Å². The van der Waals surface area contributed by atoms with Crippen LogP contribution in [0.2, 0.25) is 0 Å². The highest BCUT2D eigenvalue weighted by molar-refractivity contribution is 5.94. The zero-order valence-electron chi connectivity index (χ0n) is 15.1. The van der Waals surface area contributed by atoms with Gasteiger partial charge in [-0.15, -0.1) is 0 Å². The van der Waals surface area contributed by atoms with Crippen LogP contribution in [0.25, 0.3) is 33.2 Å². The minimum absolute atomic E-state index is 0.174. The number of aromatic amines is 1. The van der Waals surface area contributed by atoms with Gasteiger partial charge in [0.25, 0.3) is 0 Å². The topological polar surface area (TPSA) is 86.7 Å². The van der Waals surface area contributed by atoms with Crippen molar-refractivity contribution < 1.29 is 5.11 Å². The molecule has 5 aromatic rings. The van der Waals surface area contributed by atoms with Crippen molar-refractivity contribution in [1.82, 2.24) is 20.2 Å². The second-order valence-corrected chi connectivity index (χ2v) is 6.76. The maximum Gasteiger partial charge on any atom is 0.162 e. The van der Waals surface area contributed by atoms with E-state index in [2.05, 4.69) is 21.6 Å². The molecule has 0 saturated carbocycles. The van der Waals surface area contributed by atoms with E-state index in [9.17, 15) is 5.11 Å². The van der Waals surface area contributed by atoms with Crippen LogP contribution >= 0.6 is 0 Å². The van der Waals surface area contributed by atoms with Gasteiger partial charge in [0, 0.05) is 22.0 Å². The summed E-state index contributed by atoms with van der Waals surface area (Å²) in [5.74, 6) is 1.45. The average molecular weight is 367 g/mol. The number of phenolic OH excluding ortho intramolecular Hbond substituents is 1. The Morgan fingerprint density at radius 2 is 1.89 bits per heavy atom. The third kappa shape index (κ3) is 2.91. The van der Waals surface area contributed by atoms with Gasteiger partial charge in [0.2, 0.25) is 0 Å². The summed E-state index contributed by atoms with van der Waals surface area (Å²) < 4.78 is 0. The van der Waals surface area contributed by atoms with Gasteiger partial charge < -0.3 is 10.4 Å². The number of hydrogen-bond donors (Lipinski definition) is 3. The number of benzene rings is 3. The van der Waals surface area contributed by atoms with Gasteiger partial charge in [-0.1, -0.05) is 23.8 Å². The fourth-order valence-corrected chi connectivity index (χ4v) is 3.28. The van der Waals surface area contributed by atoms with Crippen LogP contribution in [0.15, 0.2) is 66.9 Å². The molecular formula is C22H17N5O. The monoisotopic (exact) mass is 367 g/mol. The van der Waals surface area contributed by atoms with E-state index in [1.165, 1.54) is 0 Å². The molecule has 2 heterocycles. The molecule has 136 valence electrons. The lowest BCUT2D eigenvalue weighted by Crippen LogP contribution is -1.99. The number of aromatic hydroxyl groups is 1. The van der Waals surface area contributed by atoms with Crippen LogP contribution < -0.4 is 5.32 Å². The molecule has 0 bridgehead atoms. The van der Waals surface area contributed by atoms with E-state index >= 15 is 0 Å². The summed E-state index contributed by atoms with van der Waals surface area (Å²) in [6.45, 7) is 2.04. The normalized spacial score (nSPS) is 11.2. The van der Waals surface area contributed by atoms with Gasteiger partial charge in [-0.05, 0) is 49.4 Å². The number of anilines is 2. The first-order valence-electron chi connectivity index (χ1n) is 8.94. The van der Waals surface area contributed by atoms with Gasteiger partial charge in [-0.3, -0.25) is 5.10 Å². The second-order valence-electron chi connectivity index (χ2n) is 6.76. The van der Waals surface area contributed by atoms with E-state index < -0.39 is 0 Å². The third-order valence-electron chi connectivity index (χ3n) is 4.66. The van der Waals surface area contributed by atoms with E-state index in [0.717, 1.165) is 38.6 Å². The lowest BCUT2D eigenvalue weighted by Gasteiger charge is -2.12. The Labute approximate surface area is 160 Å². The van der Waals surface area contributed by atoms with Crippen molar-refractivity contribution in [2.24, 2.45) is 0 Å². The largest absolute Gasteiger partial charge is 0.508 e. The van der Waals surface area contributed by atoms with Gasteiger partial charge in [0.1, 0.15) is 11.6 Å². The van der Waals surface area contributed by atoms with E-state index in [1.807, 2.05) is 43.3 Å². The number of hydrogen-bond acceptors (Lipinski definition) is 5. The van der Waals surface area contributed by atoms with Crippen molar-refractivity contribution in [1.29, 1.82) is 0 Å². The van der Waals surface area contributed by atoms with Gasteiger partial charge in [0.05, 0.1) is 17.2 Å². The van der Waals surface area contributed by atoms with Crippen LogP contribution in [0.3, 0.4) is 0 Å². The summed E-state index contributed by atoms with van der Waals surface area (Å²) in [7, 11) is 0. The van der Waals surface area contributed by atoms with Crippen molar-refractivity contribution in [3.8, 4) is 17.1 Å². The lowest BCUT2D eigenvalue weighted by atomic mass is 10.1. The molecule has 3 N–H and O–H groups in total. The average Bonchev–Trinajstić information content (AvgIpc) is 3.16. The molecule has 5 rings (SSSR count). The SMILES string of the molecule is Cc1cccc(-c2nc(Nc3ccc4[nH]ncc4c3)c3cc(O)ccc3n2)c1. The molecule has 0 aliphatic heterocycles. The van der Waals surface area contributed by atoms with Crippen LogP contribution in [0.1, 0.15) is 5.56 Å². The molecule has 0 saturated heterocycles. The molecule has 0 aliphatic rings. The minimum Gasteiger partial charge on any atom is -0.508 e. The number of nitrogens with zero attached hydrogens (tertiary/aromatic N) is 3. The van der Waals surface area contributed by atoms with Gasteiger partial charge in [-0.2, -0.15) is 5.10 Å². The van der Waals surface area contributed by atoms with Crippen molar-refractivity contribution in [3.05, 3.63) is 72.4 Å². The molecule has 0 spiro atoms. The first kappa shape index (κ1) is 16.3. The minimum atomic E-state index is 0.174. The summed E-state index contributed by atoms with van der Waals surface area (Å²) in [4.78, 5) is 9.45. The number of nitrogens with one attached hydrogen (secondary N) is 2. The maximum absolute atomic E-state index is 9.96. The molecule has 2 aromatic heterocycles. The molecule has 0 unspecified atom stereocenters. The van der Waals surface area contributed by atoms with Crippen molar-refractivity contribution in [2.75, 3.05) is 5.32 Å². The predicted molar refractivity (Wildman–Crippen MR) is 111 cm³/mol. The van der Waals surface area contributed by atoms with Crippen LogP contribution in [0.5, 0.6) is 5.75 Å². The summed E-state index contributed by atoms with van der Waals surface area (Å²) in [5, 5.41) is 22.1. The quantitative estimate of drug-likeness (QED) is 0.421. The molecule has 6 nitrogen and oxygen atoms in total. The third-order valence-corrected chi connectivity index (χ3v) is 4.66. The number of phenols is 1. The van der Waals surface area contributed by atoms with Crippen molar-refractivity contribution >= 4 is 33.3 Å². The fourth-order valence-electron chi connectivity index (χ4n) is 3.28. The Balaban J connectivity index is 1.67. The van der Waals surface area contributed by atoms with E-state index in [0.29, 0.717) is 11.6 Å². The molecule has 6 heteroatoms. The van der Waals surface area contributed by atoms with E-state index in [-0.39, 0.29) is 5.75 Å². The molecule has 0 amide bonds. The fraction of sp³-hybridized carbons (Fsp3) is 0.0455. The zero-order chi connectivity index (χ0) is 19.1. The van der Waals surface area contributed by atoms with Crippen molar-refractivity contribution in [2.45, 2.75) is 6.92 Å². The number of H-pyrrole nitrogens is 1. The zero-order valence-corrected chi connectivity index (χ0v) is 15.1. The predicted octanol–water partition coefficient (Wildman–Crippen LogP) is 4.93. The second kappa shape index (κ2) is 6.35. The Hall–Kier alpha value is -3.93. The molecule has 3 aromatic carbocycles. The standard InChI is InChI=1S/C22H17N5O/c1-13-3-2-4-14(9-13)21-25-20-8-6-17(28)11-18(20)22(26-21)24-16-5-7-19-15(10-16)12-23-27-19/h2-12,28H,1H3,(H,23,27)(H,24,25,26). The summed E-state index contributed by atoms with van der Waals surface area (Å²) in [6, 6.07) is 19.1. The number of fused-ring (bicyclic) bond motifs is 2. The highest BCUT2D eigenvalue weighted by atomic mass is 16.3. The number of aryl methyl sites for hydroxylation is 1. The highest BCUT2D eigenvalue weighted by Gasteiger charge is 2.11. The van der Waals surface area contributed by atoms with Crippen LogP contribution in [-0.4, -0.2) is 25.3 Å². The Kier molecular flexibility index (Phi) is 3.69. The summed E-state index contributed by atoms with van der Waals surface area (Å²) in [5.41, 5.74) is 4.70. The molecule has 0 radical (unpaired) electrons. The van der Waals surface area contributed by atoms with Gasteiger partial charge in [-0.25, -0.2) is 9.97 Å². The molecular weight excluding hydrogens is 350 g/mol. The van der Waals surface area contributed by atoms with Crippen molar-refractivity contribution in [3.63, 3.8) is 0 Å². The number of aromatic nitrogens is 4. The first-order chi connectivity index (χ1) is 13.7. The maximum atomic E-state index is 9.96. The van der Waals surface area contributed by atoms with Gasteiger partial charge >= 0.3 is 0 Å². The Morgan fingerprint density at radius 1 is 0.964 bits per heavy atom. The molecule has 0 aliphatic carbocycles.